The molecule has 3 aromatic rings. The van der Waals surface area contributed by atoms with Crippen LogP contribution in [0.2, 0.25) is 0 Å². The zero-order valence-electron chi connectivity index (χ0n) is 16.7. The highest BCUT2D eigenvalue weighted by molar-refractivity contribution is 7.90. The number of ether oxygens (including phenoxy) is 1. The third-order valence-electron chi connectivity index (χ3n) is 4.21. The van der Waals surface area contributed by atoms with Gasteiger partial charge in [-0.2, -0.15) is 18.4 Å². The van der Waals surface area contributed by atoms with Crippen LogP contribution in [0.4, 0.5) is 18.9 Å². The summed E-state index contributed by atoms with van der Waals surface area (Å²) in [5, 5.41) is 18.0. The Balaban J connectivity index is 1.99. The van der Waals surface area contributed by atoms with Gasteiger partial charge in [0.2, 0.25) is 0 Å². The molecule has 164 valence electrons. The molecule has 0 saturated carbocycles. The van der Waals surface area contributed by atoms with Gasteiger partial charge in [0.25, 0.3) is 5.91 Å². The lowest BCUT2D eigenvalue weighted by atomic mass is 10.1. The van der Waals surface area contributed by atoms with Crippen molar-refractivity contribution in [2.45, 2.75) is 18.0 Å². The van der Waals surface area contributed by atoms with Crippen LogP contribution in [0.15, 0.2) is 53.4 Å². The third-order valence-corrected chi connectivity index (χ3v) is 5.13. The molecule has 0 saturated heterocycles. The Morgan fingerprint density at radius 2 is 1.91 bits per heavy atom. The number of benzene rings is 2. The molecule has 11 heteroatoms. The van der Waals surface area contributed by atoms with Crippen LogP contribution in [0.25, 0.3) is 0 Å². The number of nitrogens with zero attached hydrogens (tertiary/aromatic N) is 3. The quantitative estimate of drug-likeness (QED) is 0.563. The van der Waals surface area contributed by atoms with Crippen molar-refractivity contribution < 1.29 is 27.3 Å². The number of halogens is 3. The minimum atomic E-state index is -4.81. The number of rotatable bonds is 5. The highest BCUT2D eigenvalue weighted by atomic mass is 32.2. The number of anilines is 1. The van der Waals surface area contributed by atoms with Crippen LogP contribution in [0.1, 0.15) is 27.3 Å². The number of carbonyl (C=O) groups is 1. The average Bonchev–Trinajstić information content (AvgIpc) is 2.74. The molecule has 1 unspecified atom stereocenters. The molecule has 0 aliphatic carbocycles. The van der Waals surface area contributed by atoms with Crippen molar-refractivity contribution >= 4 is 22.8 Å². The van der Waals surface area contributed by atoms with Gasteiger partial charge in [-0.15, -0.1) is 10.2 Å². The first kappa shape index (κ1) is 23.1. The summed E-state index contributed by atoms with van der Waals surface area (Å²) in [4.78, 5) is 13.2. The Hall–Kier alpha value is -3.62. The molecule has 1 amide bonds. The molecule has 2 aromatic carbocycles. The van der Waals surface area contributed by atoms with Gasteiger partial charge in [0, 0.05) is 17.8 Å². The van der Waals surface area contributed by atoms with E-state index in [4.69, 9.17) is 10.00 Å². The molecular formula is C21H15F3N4O3S. The monoisotopic (exact) mass is 460 g/mol. The average molecular weight is 460 g/mol. The van der Waals surface area contributed by atoms with Crippen LogP contribution in [0.3, 0.4) is 0 Å². The summed E-state index contributed by atoms with van der Waals surface area (Å²) in [6, 6.07) is 13.0. The minimum Gasteiger partial charge on any atom is -0.612 e. The molecule has 0 aliphatic rings. The largest absolute Gasteiger partial charge is 0.612 e. The number of aromatic nitrogens is 2. The molecule has 32 heavy (non-hydrogen) atoms. The van der Waals surface area contributed by atoms with Gasteiger partial charge in [0.1, 0.15) is 12.0 Å². The SMILES string of the molecule is Cc1cc(C#N)ccc1Oc1cc(C(F)(F)F)nnc1C(=O)Nc1cccc([S+](C)[O-])c1. The van der Waals surface area contributed by atoms with E-state index in [-0.39, 0.29) is 11.4 Å². The first-order chi connectivity index (χ1) is 15.1. The summed E-state index contributed by atoms with van der Waals surface area (Å²) in [6.45, 7) is 1.60. The van der Waals surface area contributed by atoms with Gasteiger partial charge in [-0.3, -0.25) is 4.79 Å². The summed E-state index contributed by atoms with van der Waals surface area (Å²) >= 11 is -1.30. The van der Waals surface area contributed by atoms with Gasteiger partial charge < -0.3 is 14.6 Å². The number of carbonyl (C=O) groups excluding carboxylic acids is 1. The molecular weight excluding hydrogens is 445 g/mol. The molecule has 1 heterocycles. The Kier molecular flexibility index (Phi) is 6.67. The van der Waals surface area contributed by atoms with Gasteiger partial charge in [0.15, 0.2) is 22.0 Å². The van der Waals surface area contributed by atoms with E-state index < -0.39 is 40.4 Å². The summed E-state index contributed by atoms with van der Waals surface area (Å²) in [5.41, 5.74) is -0.739. The van der Waals surface area contributed by atoms with Crippen molar-refractivity contribution in [3.63, 3.8) is 0 Å². The summed E-state index contributed by atoms with van der Waals surface area (Å²) in [5.74, 6) is -1.19. The van der Waals surface area contributed by atoms with Crippen LogP contribution in [-0.2, 0) is 17.4 Å². The fourth-order valence-electron chi connectivity index (χ4n) is 2.64. The van der Waals surface area contributed by atoms with Crippen molar-refractivity contribution in [2.24, 2.45) is 0 Å². The summed E-state index contributed by atoms with van der Waals surface area (Å²) < 4.78 is 56.7. The fourth-order valence-corrected chi connectivity index (χ4v) is 3.21. The number of alkyl halides is 3. The van der Waals surface area contributed by atoms with E-state index in [0.29, 0.717) is 22.1 Å². The molecule has 1 N–H and O–H groups in total. The number of nitriles is 1. The second-order valence-corrected chi connectivity index (χ2v) is 7.95. The molecule has 0 fully saturated rings. The topological polar surface area (TPSA) is 111 Å². The maximum atomic E-state index is 13.2. The molecule has 0 spiro atoms. The predicted molar refractivity (Wildman–Crippen MR) is 110 cm³/mol. The Morgan fingerprint density at radius 3 is 2.53 bits per heavy atom. The van der Waals surface area contributed by atoms with Crippen molar-refractivity contribution in [1.82, 2.24) is 10.2 Å². The van der Waals surface area contributed by atoms with Crippen molar-refractivity contribution in [1.29, 1.82) is 5.26 Å². The number of nitrogens with one attached hydrogen (secondary N) is 1. The minimum absolute atomic E-state index is 0.141. The van der Waals surface area contributed by atoms with E-state index in [1.54, 1.807) is 19.1 Å². The van der Waals surface area contributed by atoms with E-state index in [9.17, 15) is 22.5 Å². The molecule has 3 rings (SSSR count). The number of aryl methyl sites for hydroxylation is 1. The van der Waals surface area contributed by atoms with E-state index in [1.807, 2.05) is 6.07 Å². The van der Waals surface area contributed by atoms with E-state index in [0.717, 1.165) is 0 Å². The highest BCUT2D eigenvalue weighted by Gasteiger charge is 2.35. The van der Waals surface area contributed by atoms with E-state index in [1.165, 1.54) is 36.6 Å². The molecule has 0 radical (unpaired) electrons. The molecule has 7 nitrogen and oxygen atoms in total. The number of amides is 1. The van der Waals surface area contributed by atoms with Gasteiger partial charge in [-0.05, 0) is 54.0 Å². The highest BCUT2D eigenvalue weighted by Crippen LogP contribution is 2.33. The number of hydrogen-bond donors (Lipinski definition) is 1. The smallest absolute Gasteiger partial charge is 0.435 e. The van der Waals surface area contributed by atoms with Gasteiger partial charge in [-0.1, -0.05) is 6.07 Å². The van der Waals surface area contributed by atoms with Gasteiger partial charge in [-0.25, -0.2) is 0 Å². The van der Waals surface area contributed by atoms with Crippen LogP contribution in [-0.4, -0.2) is 26.9 Å². The molecule has 0 bridgehead atoms. The maximum Gasteiger partial charge on any atom is 0.435 e. The van der Waals surface area contributed by atoms with Gasteiger partial charge >= 0.3 is 6.18 Å². The zero-order chi connectivity index (χ0) is 23.5. The van der Waals surface area contributed by atoms with Crippen molar-refractivity contribution in [3.8, 4) is 17.6 Å². The van der Waals surface area contributed by atoms with Crippen molar-refractivity contribution in [2.75, 3.05) is 11.6 Å². The second-order valence-electron chi connectivity index (χ2n) is 6.57. The number of hydrogen-bond acceptors (Lipinski definition) is 6. The molecule has 1 aromatic heterocycles. The predicted octanol–water partition coefficient (Wildman–Crippen LogP) is 4.46. The Labute approximate surface area is 184 Å². The molecule has 0 aliphatic heterocycles. The third kappa shape index (κ3) is 5.35. The van der Waals surface area contributed by atoms with Crippen LogP contribution >= 0.6 is 0 Å². The Bertz CT molecular complexity index is 1210. The van der Waals surface area contributed by atoms with E-state index in [2.05, 4.69) is 15.5 Å². The lowest BCUT2D eigenvalue weighted by Gasteiger charge is -2.14. The normalized spacial score (nSPS) is 12.0. The van der Waals surface area contributed by atoms with Crippen LogP contribution < -0.4 is 10.1 Å². The zero-order valence-corrected chi connectivity index (χ0v) is 17.5. The lowest BCUT2D eigenvalue weighted by Crippen LogP contribution is -2.18. The first-order valence-corrected chi connectivity index (χ1v) is 10.5. The Morgan fingerprint density at radius 1 is 1.16 bits per heavy atom. The van der Waals surface area contributed by atoms with Crippen molar-refractivity contribution in [3.05, 3.63) is 71.0 Å². The standard InChI is InChI=1S/C21H15F3N4O3S/c1-12-8-13(11-25)6-7-16(12)31-17-10-18(21(22,23)24)27-28-19(17)20(29)26-14-4-3-5-15(9-14)32(2)30/h3-10H,1-2H3,(H,26,29). The summed E-state index contributed by atoms with van der Waals surface area (Å²) in [7, 11) is 0. The van der Waals surface area contributed by atoms with E-state index >= 15 is 0 Å². The van der Waals surface area contributed by atoms with Gasteiger partial charge in [0.05, 0.1) is 11.6 Å². The summed E-state index contributed by atoms with van der Waals surface area (Å²) in [6.07, 6.45) is -3.34. The maximum absolute atomic E-state index is 13.2. The fraction of sp³-hybridized carbons (Fsp3) is 0.143. The molecule has 1 atom stereocenters. The first-order valence-electron chi connectivity index (χ1n) is 8.97. The van der Waals surface area contributed by atoms with Crippen LogP contribution in [0.5, 0.6) is 11.5 Å². The lowest BCUT2D eigenvalue weighted by molar-refractivity contribution is -0.141. The second kappa shape index (κ2) is 9.25. The van der Waals surface area contributed by atoms with Crippen LogP contribution in [0, 0.1) is 18.3 Å².